The molecular weight excluding hydrogens is 344 g/mol. The van der Waals surface area contributed by atoms with Crippen LogP contribution in [-0.2, 0) is 16.4 Å². The molecule has 8 heteroatoms. The largest absolute Gasteiger partial charge is 0.465 e. The average molecular weight is 372 g/mol. The van der Waals surface area contributed by atoms with E-state index in [0.717, 1.165) is 11.8 Å². The number of aliphatic hydroxyl groups excluding tert-OH is 1. The Kier molecular flexibility index (Phi) is 8.34. The van der Waals surface area contributed by atoms with Gasteiger partial charge in [0, 0.05) is 13.1 Å². The zero-order chi connectivity index (χ0) is 19.0. The molecule has 1 amide bonds. The standard InChI is InChI=1S/C17H28N2O5S/c1-13(2)9-10-19(25(3,23)24)12-16(20)15(18-17(21)22)11-14-7-5-4-6-8-14/h4-8,13,15-16,18,20H,9-12H2,1-3H3,(H,21,22). The van der Waals surface area contributed by atoms with Gasteiger partial charge in [0.05, 0.1) is 18.4 Å². The van der Waals surface area contributed by atoms with Crippen LogP contribution in [0.2, 0.25) is 0 Å². The number of carboxylic acid groups (broad SMARTS) is 1. The molecule has 25 heavy (non-hydrogen) atoms. The van der Waals surface area contributed by atoms with Crippen molar-refractivity contribution in [2.45, 2.75) is 38.8 Å². The highest BCUT2D eigenvalue weighted by molar-refractivity contribution is 7.88. The lowest BCUT2D eigenvalue weighted by Gasteiger charge is -2.28. The van der Waals surface area contributed by atoms with Crippen molar-refractivity contribution in [3.8, 4) is 0 Å². The normalized spacial score (nSPS) is 14.5. The smallest absolute Gasteiger partial charge is 0.404 e. The fourth-order valence-corrected chi connectivity index (χ4v) is 3.30. The first kappa shape index (κ1) is 21.4. The first-order valence-corrected chi connectivity index (χ1v) is 10.1. The number of aliphatic hydroxyl groups is 1. The van der Waals surface area contributed by atoms with Crippen LogP contribution in [0.25, 0.3) is 0 Å². The molecule has 0 saturated carbocycles. The molecule has 0 radical (unpaired) electrons. The lowest BCUT2D eigenvalue weighted by atomic mass is 10.0. The molecule has 142 valence electrons. The van der Waals surface area contributed by atoms with Gasteiger partial charge in [-0.1, -0.05) is 44.2 Å². The number of sulfonamides is 1. The number of nitrogens with one attached hydrogen (secondary N) is 1. The van der Waals surface area contributed by atoms with E-state index in [1.54, 1.807) is 0 Å². The zero-order valence-electron chi connectivity index (χ0n) is 14.9. The van der Waals surface area contributed by atoms with Crippen LogP contribution in [0.15, 0.2) is 30.3 Å². The molecule has 0 aromatic heterocycles. The molecule has 2 unspecified atom stereocenters. The third-order valence-electron chi connectivity index (χ3n) is 3.89. The van der Waals surface area contributed by atoms with Gasteiger partial charge < -0.3 is 15.5 Å². The quantitative estimate of drug-likeness (QED) is 0.577. The van der Waals surface area contributed by atoms with Gasteiger partial charge in [-0.2, -0.15) is 4.31 Å². The molecule has 0 saturated heterocycles. The lowest BCUT2D eigenvalue weighted by Crippen LogP contribution is -2.50. The van der Waals surface area contributed by atoms with Crippen molar-refractivity contribution in [2.24, 2.45) is 5.92 Å². The highest BCUT2D eigenvalue weighted by atomic mass is 32.2. The van der Waals surface area contributed by atoms with Gasteiger partial charge in [0.25, 0.3) is 0 Å². The Morgan fingerprint density at radius 3 is 2.32 bits per heavy atom. The van der Waals surface area contributed by atoms with Gasteiger partial charge in [0.1, 0.15) is 0 Å². The van der Waals surface area contributed by atoms with E-state index in [0.29, 0.717) is 18.9 Å². The molecule has 0 spiro atoms. The maximum atomic E-state index is 12.0. The summed E-state index contributed by atoms with van der Waals surface area (Å²) in [6, 6.07) is 8.35. The van der Waals surface area contributed by atoms with Crippen molar-refractivity contribution < 1.29 is 23.4 Å². The molecule has 3 N–H and O–H groups in total. The molecule has 0 fully saturated rings. The molecule has 0 aliphatic carbocycles. The minimum Gasteiger partial charge on any atom is -0.465 e. The van der Waals surface area contributed by atoms with Crippen LogP contribution in [0, 0.1) is 5.92 Å². The van der Waals surface area contributed by atoms with Gasteiger partial charge in [-0.3, -0.25) is 0 Å². The first-order valence-electron chi connectivity index (χ1n) is 8.26. The van der Waals surface area contributed by atoms with Crippen molar-refractivity contribution in [1.82, 2.24) is 9.62 Å². The monoisotopic (exact) mass is 372 g/mol. The van der Waals surface area contributed by atoms with Crippen molar-refractivity contribution in [3.63, 3.8) is 0 Å². The Bertz CT molecular complexity index is 634. The van der Waals surface area contributed by atoms with Gasteiger partial charge in [-0.25, -0.2) is 13.2 Å². The minimum absolute atomic E-state index is 0.149. The number of hydrogen-bond acceptors (Lipinski definition) is 4. The number of amides is 1. The molecule has 0 aliphatic rings. The molecule has 1 rings (SSSR count). The zero-order valence-corrected chi connectivity index (χ0v) is 15.7. The fourth-order valence-electron chi connectivity index (χ4n) is 2.44. The number of benzene rings is 1. The maximum Gasteiger partial charge on any atom is 0.404 e. The van der Waals surface area contributed by atoms with Crippen LogP contribution in [-0.4, -0.2) is 60.5 Å². The van der Waals surface area contributed by atoms with Gasteiger partial charge in [-0.15, -0.1) is 0 Å². The summed E-state index contributed by atoms with van der Waals surface area (Å²) in [6.45, 7) is 4.12. The van der Waals surface area contributed by atoms with E-state index in [9.17, 15) is 18.3 Å². The fraction of sp³-hybridized carbons (Fsp3) is 0.588. The second-order valence-corrected chi connectivity index (χ2v) is 8.60. The minimum atomic E-state index is -3.49. The van der Waals surface area contributed by atoms with Gasteiger partial charge in [0.15, 0.2) is 0 Å². The number of hydrogen-bond donors (Lipinski definition) is 3. The van der Waals surface area contributed by atoms with Crippen molar-refractivity contribution in [1.29, 1.82) is 0 Å². The summed E-state index contributed by atoms with van der Waals surface area (Å²) >= 11 is 0. The van der Waals surface area contributed by atoms with Crippen molar-refractivity contribution in [2.75, 3.05) is 19.3 Å². The Morgan fingerprint density at radius 1 is 1.24 bits per heavy atom. The predicted octanol–water partition coefficient (Wildman–Crippen LogP) is 1.53. The number of rotatable bonds is 10. The van der Waals surface area contributed by atoms with E-state index in [4.69, 9.17) is 5.11 Å². The molecule has 1 aromatic rings. The topological polar surface area (TPSA) is 107 Å². The third-order valence-corrected chi connectivity index (χ3v) is 5.16. The number of carbonyl (C=O) groups is 1. The Morgan fingerprint density at radius 2 is 1.84 bits per heavy atom. The Hall–Kier alpha value is -1.64. The van der Waals surface area contributed by atoms with Crippen LogP contribution in [0.3, 0.4) is 0 Å². The number of nitrogens with zero attached hydrogens (tertiary/aromatic N) is 1. The Balaban J connectivity index is 2.86. The lowest BCUT2D eigenvalue weighted by molar-refractivity contribution is 0.0995. The summed E-state index contributed by atoms with van der Waals surface area (Å²) in [6.07, 6.45) is -0.381. The Labute approximate surface area is 149 Å². The van der Waals surface area contributed by atoms with Gasteiger partial charge >= 0.3 is 6.09 Å². The van der Waals surface area contributed by atoms with E-state index >= 15 is 0 Å². The van der Waals surface area contributed by atoms with E-state index in [-0.39, 0.29) is 13.0 Å². The summed E-state index contributed by atoms with van der Waals surface area (Å²) in [5.41, 5.74) is 0.855. The van der Waals surface area contributed by atoms with E-state index < -0.39 is 28.3 Å². The van der Waals surface area contributed by atoms with Crippen LogP contribution in [0.1, 0.15) is 25.8 Å². The van der Waals surface area contributed by atoms with Crippen molar-refractivity contribution in [3.05, 3.63) is 35.9 Å². The summed E-state index contributed by atoms with van der Waals surface area (Å²) in [5.74, 6) is 0.318. The average Bonchev–Trinajstić information content (AvgIpc) is 2.49. The first-order chi connectivity index (χ1) is 11.6. The molecule has 0 bridgehead atoms. The summed E-state index contributed by atoms with van der Waals surface area (Å²) < 4.78 is 25.1. The second-order valence-electron chi connectivity index (χ2n) is 6.62. The van der Waals surface area contributed by atoms with Crippen LogP contribution in [0.5, 0.6) is 0 Å². The molecule has 0 heterocycles. The molecular formula is C17H28N2O5S. The highest BCUT2D eigenvalue weighted by Gasteiger charge is 2.27. The van der Waals surface area contributed by atoms with Crippen LogP contribution in [0.4, 0.5) is 4.79 Å². The highest BCUT2D eigenvalue weighted by Crippen LogP contribution is 2.11. The molecule has 1 aromatic carbocycles. The molecule has 2 atom stereocenters. The SMILES string of the molecule is CC(C)CCN(CC(O)C(Cc1ccccc1)NC(=O)O)S(C)(=O)=O. The van der Waals surface area contributed by atoms with Gasteiger partial charge in [0.2, 0.25) is 10.0 Å². The predicted molar refractivity (Wildman–Crippen MR) is 97.0 cm³/mol. The van der Waals surface area contributed by atoms with Crippen LogP contribution < -0.4 is 5.32 Å². The molecule has 7 nitrogen and oxygen atoms in total. The van der Waals surface area contributed by atoms with E-state index in [2.05, 4.69) is 5.32 Å². The third kappa shape index (κ3) is 8.33. The second kappa shape index (κ2) is 9.74. The van der Waals surface area contributed by atoms with Crippen LogP contribution >= 0.6 is 0 Å². The van der Waals surface area contributed by atoms with E-state index in [1.165, 1.54) is 4.31 Å². The maximum absolute atomic E-state index is 12.0. The van der Waals surface area contributed by atoms with Crippen molar-refractivity contribution >= 4 is 16.1 Å². The summed E-state index contributed by atoms with van der Waals surface area (Å²) in [5, 5.41) is 21.8. The van der Waals surface area contributed by atoms with E-state index in [1.807, 2.05) is 44.2 Å². The summed E-state index contributed by atoms with van der Waals surface area (Å²) in [4.78, 5) is 11.0. The molecule has 0 aliphatic heterocycles. The van der Waals surface area contributed by atoms with Gasteiger partial charge in [-0.05, 0) is 24.3 Å². The summed E-state index contributed by atoms with van der Waals surface area (Å²) in [7, 11) is -3.49.